The largest absolute Gasteiger partial charge is 0.326 e. The molecular formula is C5H14Br2N2. The second kappa shape index (κ2) is 5.65. The first kappa shape index (κ1) is 12.5. The molecule has 0 amide bonds. The Morgan fingerprint density at radius 3 is 2.11 bits per heavy atom. The maximum absolute atomic E-state index is 5.56. The van der Waals surface area contributed by atoms with E-state index in [0.717, 1.165) is 13.0 Å². The summed E-state index contributed by atoms with van der Waals surface area (Å²) in [5, 5.41) is 3.24. The minimum atomic E-state index is 0. The molecule has 0 unspecified atom stereocenters. The number of nitrogens with one attached hydrogen (secondary N) is 1. The van der Waals surface area contributed by atoms with Crippen molar-refractivity contribution in [3.63, 3.8) is 0 Å². The third kappa shape index (κ3) is 4.31. The molecule has 1 saturated heterocycles. The number of rotatable bonds is 0. The van der Waals surface area contributed by atoms with Crippen molar-refractivity contribution in [2.75, 3.05) is 6.54 Å². The highest BCUT2D eigenvalue weighted by Gasteiger charge is 2.15. The first-order chi connectivity index (χ1) is 3.29. The molecule has 2 nitrogen and oxygen atoms in total. The van der Waals surface area contributed by atoms with Gasteiger partial charge in [-0.25, -0.2) is 0 Å². The van der Waals surface area contributed by atoms with E-state index in [4.69, 9.17) is 5.73 Å². The molecule has 1 aliphatic rings. The van der Waals surface area contributed by atoms with Crippen LogP contribution in [0.3, 0.4) is 0 Å². The van der Waals surface area contributed by atoms with Crippen LogP contribution in [0.2, 0.25) is 0 Å². The van der Waals surface area contributed by atoms with E-state index in [1.54, 1.807) is 0 Å². The molecule has 0 aromatic rings. The van der Waals surface area contributed by atoms with E-state index in [1.807, 2.05) is 0 Å². The lowest BCUT2D eigenvalue weighted by atomic mass is 10.2. The summed E-state index contributed by atoms with van der Waals surface area (Å²) in [5.41, 5.74) is 5.56. The second-order valence-electron chi connectivity index (χ2n) is 2.31. The van der Waals surface area contributed by atoms with E-state index < -0.39 is 0 Å². The molecular weight excluding hydrogens is 248 g/mol. The van der Waals surface area contributed by atoms with E-state index in [0.29, 0.717) is 12.1 Å². The monoisotopic (exact) mass is 260 g/mol. The smallest absolute Gasteiger partial charge is 0.0180 e. The van der Waals surface area contributed by atoms with Gasteiger partial charge in [-0.05, 0) is 13.3 Å². The zero-order valence-electron chi connectivity index (χ0n) is 5.46. The normalized spacial score (nSPS) is 32.7. The first-order valence-electron chi connectivity index (χ1n) is 2.78. The highest BCUT2D eigenvalue weighted by molar-refractivity contribution is 8.93. The van der Waals surface area contributed by atoms with Gasteiger partial charge in [-0.3, -0.25) is 0 Å². The topological polar surface area (TPSA) is 38.0 Å². The van der Waals surface area contributed by atoms with Gasteiger partial charge in [0.2, 0.25) is 0 Å². The molecule has 0 aromatic heterocycles. The highest BCUT2D eigenvalue weighted by atomic mass is 79.9. The second-order valence-corrected chi connectivity index (χ2v) is 2.31. The van der Waals surface area contributed by atoms with Crippen molar-refractivity contribution in [3.8, 4) is 0 Å². The third-order valence-electron chi connectivity index (χ3n) is 1.38. The minimum absolute atomic E-state index is 0. The molecule has 1 rings (SSSR count). The highest BCUT2D eigenvalue weighted by Crippen LogP contribution is 2.01. The number of halogens is 2. The van der Waals surface area contributed by atoms with Crippen LogP contribution in [0.1, 0.15) is 13.3 Å². The van der Waals surface area contributed by atoms with E-state index in [-0.39, 0.29) is 34.0 Å². The summed E-state index contributed by atoms with van der Waals surface area (Å²) in [6.07, 6.45) is 1.14. The molecule has 0 radical (unpaired) electrons. The zero-order valence-corrected chi connectivity index (χ0v) is 8.89. The zero-order chi connectivity index (χ0) is 5.28. The lowest BCUT2D eigenvalue weighted by molar-refractivity contribution is 0.657. The van der Waals surface area contributed by atoms with E-state index in [9.17, 15) is 0 Å². The van der Waals surface area contributed by atoms with E-state index in [2.05, 4.69) is 12.2 Å². The van der Waals surface area contributed by atoms with Gasteiger partial charge in [0.1, 0.15) is 0 Å². The van der Waals surface area contributed by atoms with Gasteiger partial charge in [0.25, 0.3) is 0 Å². The van der Waals surface area contributed by atoms with Crippen molar-refractivity contribution >= 4 is 34.0 Å². The quantitative estimate of drug-likeness (QED) is 0.679. The lowest BCUT2D eigenvalue weighted by Crippen LogP contribution is -2.22. The van der Waals surface area contributed by atoms with Gasteiger partial charge in [-0.2, -0.15) is 0 Å². The Bertz CT molecular complexity index is 62.0. The van der Waals surface area contributed by atoms with E-state index in [1.165, 1.54) is 0 Å². The molecule has 0 spiro atoms. The van der Waals surface area contributed by atoms with Gasteiger partial charge < -0.3 is 11.1 Å². The van der Waals surface area contributed by atoms with Gasteiger partial charge in [0, 0.05) is 18.6 Å². The maximum Gasteiger partial charge on any atom is 0.0180 e. The first-order valence-corrected chi connectivity index (χ1v) is 2.78. The molecule has 3 N–H and O–H groups in total. The molecule has 0 aliphatic carbocycles. The summed E-state index contributed by atoms with van der Waals surface area (Å²) in [5.74, 6) is 0. The van der Waals surface area contributed by atoms with Gasteiger partial charge in [0.05, 0.1) is 0 Å². The van der Waals surface area contributed by atoms with Crippen molar-refractivity contribution in [1.82, 2.24) is 5.32 Å². The molecule has 0 aromatic carbocycles. The van der Waals surface area contributed by atoms with Crippen molar-refractivity contribution in [3.05, 3.63) is 0 Å². The molecule has 1 heterocycles. The number of hydrogen-bond acceptors (Lipinski definition) is 2. The van der Waals surface area contributed by atoms with Crippen LogP contribution in [0, 0.1) is 0 Å². The molecule has 4 heteroatoms. The summed E-state index contributed by atoms with van der Waals surface area (Å²) >= 11 is 0. The molecule has 1 fully saturated rings. The fourth-order valence-corrected chi connectivity index (χ4v) is 0.973. The van der Waals surface area contributed by atoms with Crippen molar-refractivity contribution < 1.29 is 0 Å². The predicted molar refractivity (Wildman–Crippen MR) is 50.7 cm³/mol. The Labute approximate surface area is 77.1 Å². The van der Waals surface area contributed by atoms with Gasteiger partial charge >= 0.3 is 0 Å². The SMILES string of the molecule is Br.Br.C[C@H]1C[C@@H](N)CN1. The molecule has 0 bridgehead atoms. The Kier molecular flexibility index (Phi) is 7.87. The number of nitrogens with two attached hydrogens (primary N) is 1. The van der Waals surface area contributed by atoms with Gasteiger partial charge in [0.15, 0.2) is 0 Å². The number of hydrogen-bond donors (Lipinski definition) is 2. The fourth-order valence-electron chi connectivity index (χ4n) is 0.973. The summed E-state index contributed by atoms with van der Waals surface area (Å²) in [6, 6.07) is 1.06. The summed E-state index contributed by atoms with van der Waals surface area (Å²) in [7, 11) is 0. The fraction of sp³-hybridized carbons (Fsp3) is 1.00. The summed E-state index contributed by atoms with van der Waals surface area (Å²) in [6.45, 7) is 3.16. The summed E-state index contributed by atoms with van der Waals surface area (Å²) in [4.78, 5) is 0. The van der Waals surface area contributed by atoms with Crippen LogP contribution in [0.4, 0.5) is 0 Å². The van der Waals surface area contributed by atoms with E-state index >= 15 is 0 Å². The molecule has 9 heavy (non-hydrogen) atoms. The standard InChI is InChI=1S/C5H12N2.2BrH/c1-4-2-5(6)3-7-4;;/h4-5,7H,2-3,6H2,1H3;2*1H/t4-,5+;;/m0../s1. The molecule has 0 saturated carbocycles. The van der Waals surface area contributed by atoms with Crippen LogP contribution in [0.5, 0.6) is 0 Å². The minimum Gasteiger partial charge on any atom is -0.326 e. The average Bonchev–Trinajstić information content (AvgIpc) is 1.87. The Balaban J connectivity index is 0. The maximum atomic E-state index is 5.56. The predicted octanol–water partition coefficient (Wildman–Crippen LogP) is 0.851. The van der Waals surface area contributed by atoms with Crippen molar-refractivity contribution in [2.24, 2.45) is 5.73 Å². The van der Waals surface area contributed by atoms with Crippen molar-refractivity contribution in [2.45, 2.75) is 25.4 Å². The van der Waals surface area contributed by atoms with Gasteiger partial charge in [-0.15, -0.1) is 34.0 Å². The Morgan fingerprint density at radius 2 is 2.00 bits per heavy atom. The van der Waals surface area contributed by atoms with Crippen LogP contribution in [-0.4, -0.2) is 18.6 Å². The molecule has 1 aliphatic heterocycles. The summed E-state index contributed by atoms with van der Waals surface area (Å²) < 4.78 is 0. The third-order valence-corrected chi connectivity index (χ3v) is 1.38. The average molecular weight is 262 g/mol. The van der Waals surface area contributed by atoms with Crippen LogP contribution in [0.15, 0.2) is 0 Å². The van der Waals surface area contributed by atoms with Crippen molar-refractivity contribution in [1.29, 1.82) is 0 Å². The van der Waals surface area contributed by atoms with Crippen LogP contribution >= 0.6 is 34.0 Å². The molecule has 2 atom stereocenters. The van der Waals surface area contributed by atoms with Gasteiger partial charge in [-0.1, -0.05) is 0 Å². The lowest BCUT2D eigenvalue weighted by Gasteiger charge is -1.96. The Hall–Kier alpha value is 0.880. The van der Waals surface area contributed by atoms with Crippen LogP contribution in [0.25, 0.3) is 0 Å². The van der Waals surface area contributed by atoms with Crippen LogP contribution in [-0.2, 0) is 0 Å². The van der Waals surface area contributed by atoms with Crippen LogP contribution < -0.4 is 11.1 Å². The molecule has 58 valence electrons. The Morgan fingerprint density at radius 1 is 1.44 bits per heavy atom.